The van der Waals surface area contributed by atoms with Crippen LogP contribution in [0.25, 0.3) is 0 Å². The molecule has 1 amide bonds. The number of alkyl halides is 3. The van der Waals surface area contributed by atoms with Crippen LogP contribution >= 0.6 is 0 Å². The number of carbonyl (C=O) groups is 2. The number of nitriles is 1. The van der Waals surface area contributed by atoms with Crippen LogP contribution < -0.4 is 9.62 Å². The Morgan fingerprint density at radius 1 is 1.24 bits per heavy atom. The topological polar surface area (TPSA) is 129 Å². The van der Waals surface area contributed by atoms with Crippen LogP contribution in [0, 0.1) is 30.0 Å². The van der Waals surface area contributed by atoms with Crippen LogP contribution in [0.15, 0.2) is 24.3 Å². The first kappa shape index (κ1) is 28.8. The summed E-state index contributed by atoms with van der Waals surface area (Å²) in [7, 11) is -4.22. The summed E-state index contributed by atoms with van der Waals surface area (Å²) in [4.78, 5) is 29.6. The predicted molar refractivity (Wildman–Crippen MR) is 127 cm³/mol. The van der Waals surface area contributed by atoms with Gasteiger partial charge in [-0.2, -0.15) is 18.4 Å². The molecule has 0 bridgehead atoms. The molecule has 1 fully saturated rings. The van der Waals surface area contributed by atoms with Gasteiger partial charge in [-0.3, -0.25) is 9.52 Å². The van der Waals surface area contributed by atoms with Crippen molar-refractivity contribution in [2.75, 3.05) is 24.6 Å². The third-order valence-electron chi connectivity index (χ3n) is 5.85. The van der Waals surface area contributed by atoms with E-state index in [-0.39, 0.29) is 49.5 Å². The number of hydrogen-bond acceptors (Lipinski definition) is 8. The van der Waals surface area contributed by atoms with E-state index >= 15 is 0 Å². The summed E-state index contributed by atoms with van der Waals surface area (Å²) >= 11 is 0. The van der Waals surface area contributed by atoms with Crippen LogP contribution in [0.1, 0.15) is 52.5 Å². The molecule has 1 aliphatic heterocycles. The molecular weight excluding hydrogens is 532 g/mol. The number of aryl methyl sites for hydroxylation is 1. The van der Waals surface area contributed by atoms with Gasteiger partial charge in [0.25, 0.3) is 0 Å². The zero-order chi connectivity index (χ0) is 28.3. The second-order valence-corrected chi connectivity index (χ2v) is 10.4. The number of esters is 1. The van der Waals surface area contributed by atoms with Crippen molar-refractivity contribution in [3.63, 3.8) is 0 Å². The Kier molecular flexibility index (Phi) is 8.61. The minimum Gasteiger partial charge on any atom is -0.462 e. The molecule has 14 heteroatoms. The monoisotopic (exact) mass is 556 g/mol. The van der Waals surface area contributed by atoms with E-state index in [2.05, 4.69) is 9.72 Å². The average molecular weight is 557 g/mol. The number of ether oxygens (including phenoxy) is 1. The SMILES string of the molecule is CCOC(=O)c1cc(C#N)c(N2CCC(C(=O)NS(=O)(=O)Cc3cc(C)ccc3F)CC2)nc1C(F)(F)F. The van der Waals surface area contributed by atoms with Gasteiger partial charge in [0.15, 0.2) is 5.69 Å². The number of aromatic nitrogens is 1. The zero-order valence-corrected chi connectivity index (χ0v) is 21.2. The van der Waals surface area contributed by atoms with E-state index in [9.17, 15) is 40.8 Å². The van der Waals surface area contributed by atoms with E-state index in [1.165, 1.54) is 24.0 Å². The highest BCUT2D eigenvalue weighted by atomic mass is 32.2. The number of sulfonamides is 1. The maximum atomic E-state index is 14.0. The molecule has 0 saturated carbocycles. The molecule has 204 valence electrons. The van der Waals surface area contributed by atoms with E-state index in [4.69, 9.17) is 0 Å². The fourth-order valence-electron chi connectivity index (χ4n) is 4.05. The largest absolute Gasteiger partial charge is 0.462 e. The molecule has 38 heavy (non-hydrogen) atoms. The van der Waals surface area contributed by atoms with Crippen molar-refractivity contribution < 1.29 is 40.3 Å². The Morgan fingerprint density at radius 3 is 2.47 bits per heavy atom. The van der Waals surface area contributed by atoms with Gasteiger partial charge in [0.05, 0.1) is 23.5 Å². The average Bonchev–Trinajstić information content (AvgIpc) is 2.84. The number of anilines is 1. The van der Waals surface area contributed by atoms with E-state index in [1.54, 1.807) is 13.0 Å². The number of amides is 1. The maximum absolute atomic E-state index is 14.0. The van der Waals surface area contributed by atoms with Crippen LogP contribution in [0.2, 0.25) is 0 Å². The minimum absolute atomic E-state index is 0.0115. The van der Waals surface area contributed by atoms with E-state index in [1.807, 2.05) is 4.72 Å². The Morgan fingerprint density at radius 2 is 1.89 bits per heavy atom. The number of nitrogens with one attached hydrogen (secondary N) is 1. The van der Waals surface area contributed by atoms with Crippen LogP contribution in [0.3, 0.4) is 0 Å². The third kappa shape index (κ3) is 6.77. The summed E-state index contributed by atoms with van der Waals surface area (Å²) < 4.78 is 86.4. The lowest BCUT2D eigenvalue weighted by Gasteiger charge is -2.33. The third-order valence-corrected chi connectivity index (χ3v) is 7.06. The Hall–Kier alpha value is -3.73. The first-order valence-corrected chi connectivity index (χ1v) is 13.1. The van der Waals surface area contributed by atoms with E-state index in [0.29, 0.717) is 5.56 Å². The Labute approximate surface area is 216 Å². The van der Waals surface area contributed by atoms with Crippen molar-refractivity contribution in [3.05, 3.63) is 58.0 Å². The van der Waals surface area contributed by atoms with Gasteiger partial charge in [-0.15, -0.1) is 0 Å². The molecule has 0 atom stereocenters. The summed E-state index contributed by atoms with van der Waals surface area (Å²) in [6.07, 6.45) is -4.91. The summed E-state index contributed by atoms with van der Waals surface area (Å²) in [5, 5.41) is 9.50. The smallest absolute Gasteiger partial charge is 0.434 e. The number of piperidine rings is 1. The van der Waals surface area contributed by atoms with Crippen molar-refractivity contribution in [1.29, 1.82) is 5.26 Å². The van der Waals surface area contributed by atoms with Crippen molar-refractivity contribution in [1.82, 2.24) is 9.71 Å². The number of hydrogen-bond donors (Lipinski definition) is 1. The van der Waals surface area contributed by atoms with Crippen LogP contribution in [-0.4, -0.2) is 45.0 Å². The fraction of sp³-hybridized carbons (Fsp3) is 0.417. The molecule has 3 rings (SSSR count). The molecular formula is C24H24F4N4O5S. The highest BCUT2D eigenvalue weighted by Crippen LogP contribution is 2.35. The lowest BCUT2D eigenvalue weighted by Crippen LogP contribution is -2.43. The molecule has 1 aromatic heterocycles. The summed E-state index contributed by atoms with van der Waals surface area (Å²) in [6.45, 7) is 2.89. The summed E-state index contributed by atoms with van der Waals surface area (Å²) in [5.41, 5.74) is -2.12. The van der Waals surface area contributed by atoms with Gasteiger partial charge < -0.3 is 9.64 Å². The number of benzene rings is 1. The number of halogens is 4. The lowest BCUT2D eigenvalue weighted by atomic mass is 9.96. The number of carbonyl (C=O) groups excluding carboxylic acids is 2. The van der Waals surface area contributed by atoms with E-state index in [0.717, 1.165) is 12.1 Å². The highest BCUT2D eigenvalue weighted by Gasteiger charge is 2.40. The molecule has 1 aromatic carbocycles. The molecule has 0 aliphatic carbocycles. The van der Waals surface area contributed by atoms with Crippen molar-refractivity contribution in [2.45, 2.75) is 38.6 Å². The molecule has 1 N–H and O–H groups in total. The minimum atomic E-state index is -5.01. The van der Waals surface area contributed by atoms with Gasteiger partial charge in [-0.05, 0) is 38.8 Å². The number of nitrogens with zero attached hydrogens (tertiary/aromatic N) is 3. The molecule has 2 aromatic rings. The summed E-state index contributed by atoms with van der Waals surface area (Å²) in [5.74, 6) is -4.66. The molecule has 1 saturated heterocycles. The standard InChI is InChI=1S/C24H24F4N4O5S/c1-3-37-23(34)18-11-16(12-29)21(30-20(18)24(26,27)28)32-8-6-15(7-9-32)22(33)31-38(35,36)13-17-10-14(2)4-5-19(17)25/h4-5,10-11,15H,3,6-9,13H2,1-2H3,(H,31,33). The molecule has 0 unspecified atom stereocenters. The highest BCUT2D eigenvalue weighted by molar-refractivity contribution is 7.89. The molecule has 2 heterocycles. The van der Waals surface area contributed by atoms with Crippen LogP contribution in [0.5, 0.6) is 0 Å². The Bertz CT molecular complexity index is 1380. The second kappa shape index (κ2) is 11.3. The van der Waals surface area contributed by atoms with Crippen LogP contribution in [0.4, 0.5) is 23.4 Å². The molecule has 0 spiro atoms. The number of rotatable bonds is 7. The van der Waals surface area contributed by atoms with Crippen molar-refractivity contribution >= 4 is 27.7 Å². The van der Waals surface area contributed by atoms with Gasteiger partial charge in [0.2, 0.25) is 15.9 Å². The lowest BCUT2D eigenvalue weighted by molar-refractivity contribution is -0.141. The van der Waals surface area contributed by atoms with Gasteiger partial charge in [0.1, 0.15) is 17.7 Å². The first-order chi connectivity index (χ1) is 17.8. The molecule has 1 aliphatic rings. The van der Waals surface area contributed by atoms with Gasteiger partial charge in [-0.1, -0.05) is 17.7 Å². The predicted octanol–water partition coefficient (Wildman–Crippen LogP) is 3.46. The normalized spacial score (nSPS) is 14.6. The van der Waals surface area contributed by atoms with Gasteiger partial charge in [-0.25, -0.2) is 22.6 Å². The molecule has 0 radical (unpaired) electrons. The second-order valence-electron chi connectivity index (χ2n) is 8.67. The van der Waals surface area contributed by atoms with Gasteiger partial charge in [0, 0.05) is 24.6 Å². The zero-order valence-electron chi connectivity index (χ0n) is 20.4. The van der Waals surface area contributed by atoms with Gasteiger partial charge >= 0.3 is 12.1 Å². The quantitative estimate of drug-likeness (QED) is 0.406. The van der Waals surface area contributed by atoms with Crippen molar-refractivity contribution in [2.24, 2.45) is 5.92 Å². The number of pyridine rings is 1. The maximum Gasteiger partial charge on any atom is 0.434 e. The van der Waals surface area contributed by atoms with Crippen molar-refractivity contribution in [3.8, 4) is 6.07 Å². The fourth-order valence-corrected chi connectivity index (χ4v) is 5.23. The van der Waals surface area contributed by atoms with Crippen LogP contribution in [-0.2, 0) is 31.5 Å². The first-order valence-electron chi connectivity index (χ1n) is 11.5. The van der Waals surface area contributed by atoms with E-state index < -0.39 is 56.8 Å². The molecule has 9 nitrogen and oxygen atoms in total. The Balaban J connectivity index is 1.74. The summed E-state index contributed by atoms with van der Waals surface area (Å²) in [6, 6.07) is 6.48.